The number of anilines is 2. The van der Waals surface area contributed by atoms with E-state index in [0.29, 0.717) is 16.1 Å². The molecule has 2 aromatic rings. The van der Waals surface area contributed by atoms with Crippen LogP contribution in [-0.2, 0) is 0 Å². The number of aromatic carboxylic acids is 1. The topological polar surface area (TPSA) is 89.3 Å². The molecule has 0 saturated heterocycles. The van der Waals surface area contributed by atoms with E-state index in [-0.39, 0.29) is 5.56 Å². The molecular formula is C9H8N2O2S. The van der Waals surface area contributed by atoms with Crippen LogP contribution in [0, 0.1) is 0 Å². The van der Waals surface area contributed by atoms with Crippen LogP contribution in [0.4, 0.5) is 10.7 Å². The van der Waals surface area contributed by atoms with Gasteiger partial charge in [-0.1, -0.05) is 0 Å². The van der Waals surface area contributed by atoms with Gasteiger partial charge in [0.2, 0.25) is 0 Å². The van der Waals surface area contributed by atoms with Crippen LogP contribution in [0.3, 0.4) is 0 Å². The number of rotatable bonds is 1. The minimum absolute atomic E-state index is 0.150. The normalized spacial score (nSPS) is 10.6. The van der Waals surface area contributed by atoms with Crippen molar-refractivity contribution in [3.8, 4) is 0 Å². The van der Waals surface area contributed by atoms with Crippen molar-refractivity contribution in [1.29, 1.82) is 0 Å². The third-order valence-electron chi connectivity index (χ3n) is 1.95. The zero-order valence-electron chi connectivity index (χ0n) is 7.15. The molecule has 0 amide bonds. The minimum atomic E-state index is -1.01. The lowest BCUT2D eigenvalue weighted by Gasteiger charge is -1.95. The van der Waals surface area contributed by atoms with Crippen molar-refractivity contribution in [2.45, 2.75) is 0 Å². The fourth-order valence-electron chi connectivity index (χ4n) is 1.35. The molecule has 14 heavy (non-hydrogen) atoms. The van der Waals surface area contributed by atoms with E-state index in [1.807, 2.05) is 0 Å². The summed E-state index contributed by atoms with van der Waals surface area (Å²) >= 11 is 1.26. The molecular weight excluding hydrogens is 200 g/mol. The SMILES string of the molecule is Nc1ccc2sc(N)c(C(=O)O)c2c1. The van der Waals surface area contributed by atoms with E-state index in [1.165, 1.54) is 11.3 Å². The predicted molar refractivity (Wildman–Crippen MR) is 57.6 cm³/mol. The monoisotopic (exact) mass is 208 g/mol. The zero-order valence-corrected chi connectivity index (χ0v) is 7.97. The first-order valence-electron chi connectivity index (χ1n) is 3.90. The number of fused-ring (bicyclic) bond motifs is 1. The molecule has 0 atom stereocenters. The van der Waals surface area contributed by atoms with Gasteiger partial charge in [0.25, 0.3) is 0 Å². The number of thiophene rings is 1. The van der Waals surface area contributed by atoms with Crippen molar-refractivity contribution in [3.63, 3.8) is 0 Å². The molecule has 0 aliphatic carbocycles. The second-order valence-corrected chi connectivity index (χ2v) is 3.99. The van der Waals surface area contributed by atoms with E-state index in [1.54, 1.807) is 18.2 Å². The third kappa shape index (κ3) is 1.18. The number of hydrogen-bond donors (Lipinski definition) is 3. The first kappa shape index (κ1) is 8.83. The van der Waals surface area contributed by atoms with Gasteiger partial charge in [0, 0.05) is 15.8 Å². The summed E-state index contributed by atoms with van der Waals surface area (Å²) in [6, 6.07) is 5.13. The van der Waals surface area contributed by atoms with Crippen molar-refractivity contribution in [2.24, 2.45) is 0 Å². The van der Waals surface area contributed by atoms with Gasteiger partial charge in [-0.15, -0.1) is 11.3 Å². The molecule has 0 saturated carbocycles. The van der Waals surface area contributed by atoms with Gasteiger partial charge in [-0.3, -0.25) is 0 Å². The van der Waals surface area contributed by atoms with Crippen LogP contribution >= 0.6 is 11.3 Å². The number of nitrogens with two attached hydrogens (primary N) is 2. The second kappa shape index (κ2) is 2.88. The molecule has 0 fully saturated rings. The van der Waals surface area contributed by atoms with E-state index in [9.17, 15) is 4.79 Å². The minimum Gasteiger partial charge on any atom is -0.478 e. The Balaban J connectivity index is 2.86. The molecule has 0 aliphatic heterocycles. The Bertz CT molecular complexity index is 519. The van der Waals surface area contributed by atoms with Gasteiger partial charge in [-0.05, 0) is 18.2 Å². The maximum atomic E-state index is 10.9. The quantitative estimate of drug-likeness (QED) is 0.623. The third-order valence-corrected chi connectivity index (χ3v) is 2.95. The standard InChI is InChI=1S/C9H8N2O2S/c10-4-1-2-6-5(3-4)7(9(12)13)8(11)14-6/h1-3H,10-11H2,(H,12,13). The maximum absolute atomic E-state index is 10.9. The summed E-state index contributed by atoms with van der Waals surface area (Å²) in [6.07, 6.45) is 0. The molecule has 0 unspecified atom stereocenters. The summed E-state index contributed by atoms with van der Waals surface area (Å²) in [5, 5.41) is 9.86. The maximum Gasteiger partial charge on any atom is 0.339 e. The van der Waals surface area contributed by atoms with E-state index in [0.717, 1.165) is 4.70 Å². The second-order valence-electron chi connectivity index (χ2n) is 2.90. The van der Waals surface area contributed by atoms with Gasteiger partial charge in [0.1, 0.15) is 10.6 Å². The van der Waals surface area contributed by atoms with Gasteiger partial charge < -0.3 is 16.6 Å². The highest BCUT2D eigenvalue weighted by molar-refractivity contribution is 7.23. The van der Waals surface area contributed by atoms with Gasteiger partial charge in [0.05, 0.1) is 0 Å². The summed E-state index contributed by atoms with van der Waals surface area (Å²) < 4.78 is 0.842. The predicted octanol–water partition coefficient (Wildman–Crippen LogP) is 1.76. The number of nitrogen functional groups attached to an aromatic ring is 2. The molecule has 1 heterocycles. The highest BCUT2D eigenvalue weighted by Gasteiger charge is 2.15. The number of hydrogen-bond acceptors (Lipinski definition) is 4. The Morgan fingerprint density at radius 2 is 2.07 bits per heavy atom. The van der Waals surface area contributed by atoms with Crippen molar-refractivity contribution in [1.82, 2.24) is 0 Å². The summed E-state index contributed by atoms with van der Waals surface area (Å²) in [4.78, 5) is 10.9. The van der Waals surface area contributed by atoms with Crippen molar-refractivity contribution < 1.29 is 9.90 Å². The average molecular weight is 208 g/mol. The number of benzene rings is 1. The smallest absolute Gasteiger partial charge is 0.339 e. The Morgan fingerprint density at radius 3 is 2.71 bits per heavy atom. The van der Waals surface area contributed by atoms with Crippen molar-refractivity contribution >= 4 is 38.1 Å². The summed E-state index contributed by atoms with van der Waals surface area (Å²) in [5.74, 6) is -1.01. The van der Waals surface area contributed by atoms with Crippen LogP contribution in [0.15, 0.2) is 18.2 Å². The first-order valence-corrected chi connectivity index (χ1v) is 4.72. The lowest BCUT2D eigenvalue weighted by atomic mass is 10.1. The van der Waals surface area contributed by atoms with Gasteiger partial charge in [-0.2, -0.15) is 0 Å². The van der Waals surface area contributed by atoms with Gasteiger partial charge in [-0.25, -0.2) is 4.79 Å². The van der Waals surface area contributed by atoms with Crippen molar-refractivity contribution in [2.75, 3.05) is 11.5 Å². The molecule has 0 spiro atoms. The summed E-state index contributed by atoms with van der Waals surface area (Å²) in [7, 11) is 0. The molecule has 2 rings (SSSR count). The first-order chi connectivity index (χ1) is 6.59. The molecule has 0 bridgehead atoms. The van der Waals surface area contributed by atoms with Crippen LogP contribution in [-0.4, -0.2) is 11.1 Å². The lowest BCUT2D eigenvalue weighted by molar-refractivity contribution is 0.0700. The van der Waals surface area contributed by atoms with Crippen LogP contribution < -0.4 is 11.5 Å². The number of carboxylic acids is 1. The Morgan fingerprint density at radius 1 is 1.36 bits per heavy atom. The van der Waals surface area contributed by atoms with E-state index >= 15 is 0 Å². The molecule has 1 aromatic heterocycles. The Hall–Kier alpha value is -1.75. The lowest BCUT2D eigenvalue weighted by Crippen LogP contribution is -1.98. The van der Waals surface area contributed by atoms with Crippen LogP contribution in [0.25, 0.3) is 10.1 Å². The van der Waals surface area contributed by atoms with Crippen LogP contribution in [0.1, 0.15) is 10.4 Å². The molecule has 5 N–H and O–H groups in total. The van der Waals surface area contributed by atoms with Gasteiger partial charge in [0.15, 0.2) is 0 Å². The zero-order chi connectivity index (χ0) is 10.3. The summed E-state index contributed by atoms with van der Waals surface area (Å²) in [6.45, 7) is 0. The number of carboxylic acid groups (broad SMARTS) is 1. The average Bonchev–Trinajstić information content (AvgIpc) is 2.40. The molecule has 4 nitrogen and oxygen atoms in total. The summed E-state index contributed by atoms with van der Waals surface area (Å²) in [5.41, 5.74) is 11.9. The molecule has 0 aliphatic rings. The fourth-order valence-corrected chi connectivity index (χ4v) is 2.30. The highest BCUT2D eigenvalue weighted by Crippen LogP contribution is 2.34. The highest BCUT2D eigenvalue weighted by atomic mass is 32.1. The van der Waals surface area contributed by atoms with Crippen LogP contribution in [0.5, 0.6) is 0 Å². The molecule has 1 aromatic carbocycles. The van der Waals surface area contributed by atoms with E-state index in [2.05, 4.69) is 0 Å². The molecule has 0 radical (unpaired) electrons. The largest absolute Gasteiger partial charge is 0.478 e. The van der Waals surface area contributed by atoms with E-state index in [4.69, 9.17) is 16.6 Å². The number of carbonyl (C=O) groups is 1. The van der Waals surface area contributed by atoms with E-state index < -0.39 is 5.97 Å². The Labute approximate surface area is 83.8 Å². The van der Waals surface area contributed by atoms with Crippen LogP contribution in [0.2, 0.25) is 0 Å². The van der Waals surface area contributed by atoms with Crippen molar-refractivity contribution in [3.05, 3.63) is 23.8 Å². The van der Waals surface area contributed by atoms with Gasteiger partial charge >= 0.3 is 5.97 Å². The molecule has 72 valence electrons. The fraction of sp³-hybridized carbons (Fsp3) is 0. The Kier molecular flexibility index (Phi) is 1.82. The molecule has 5 heteroatoms.